The molecule has 27 heavy (non-hydrogen) atoms. The van der Waals surface area contributed by atoms with Crippen LogP contribution in [0.2, 0.25) is 0 Å². The number of hydrogen-bond acceptors (Lipinski definition) is 6. The monoisotopic (exact) mass is 364 g/mol. The normalized spacial score (nSPS) is 20.1. The molecule has 1 aromatic heterocycles. The number of amides is 1. The summed E-state index contributed by atoms with van der Waals surface area (Å²) >= 11 is 0. The van der Waals surface area contributed by atoms with Crippen LogP contribution in [0.3, 0.4) is 0 Å². The zero-order valence-corrected chi connectivity index (χ0v) is 15.5. The van der Waals surface area contributed by atoms with E-state index in [-0.39, 0.29) is 17.9 Å². The average Bonchev–Trinajstić information content (AvgIpc) is 3.24. The van der Waals surface area contributed by atoms with Crippen molar-refractivity contribution in [1.29, 1.82) is 0 Å². The zero-order chi connectivity index (χ0) is 18.6. The predicted octanol–water partition coefficient (Wildman–Crippen LogP) is 2.69. The third kappa shape index (κ3) is 3.63. The summed E-state index contributed by atoms with van der Waals surface area (Å²) in [6.07, 6.45) is 5.97. The molecule has 0 spiro atoms. The van der Waals surface area contributed by atoms with E-state index in [2.05, 4.69) is 37.4 Å². The second-order valence-corrected chi connectivity index (χ2v) is 6.90. The Kier molecular flexibility index (Phi) is 5.00. The molecule has 1 N–H and O–H groups in total. The maximum Gasteiger partial charge on any atom is 0.246 e. The number of carbonyl (C=O) groups is 1. The Balaban J connectivity index is 1.40. The molecule has 1 atom stereocenters. The van der Waals surface area contributed by atoms with Gasteiger partial charge in [-0.2, -0.15) is 10.1 Å². The smallest absolute Gasteiger partial charge is 0.246 e. The molecule has 140 valence electrons. The summed E-state index contributed by atoms with van der Waals surface area (Å²) in [4.78, 5) is 24.1. The van der Waals surface area contributed by atoms with Crippen LogP contribution in [0.25, 0.3) is 0 Å². The first-order valence-electron chi connectivity index (χ1n) is 9.42. The molecule has 3 heterocycles. The fourth-order valence-corrected chi connectivity index (χ4v) is 3.73. The number of hydrazone groups is 1. The molecular weight excluding hydrogens is 340 g/mol. The van der Waals surface area contributed by atoms with E-state index < -0.39 is 0 Å². The van der Waals surface area contributed by atoms with Crippen molar-refractivity contribution in [2.75, 3.05) is 30.4 Å². The van der Waals surface area contributed by atoms with Gasteiger partial charge in [-0.1, -0.05) is 30.3 Å². The Hall–Kier alpha value is -2.96. The highest BCUT2D eigenvalue weighted by molar-refractivity contribution is 5.82. The number of hydrogen-bond donors (Lipinski definition) is 1. The van der Waals surface area contributed by atoms with Gasteiger partial charge in [0, 0.05) is 44.9 Å². The molecule has 2 aliphatic rings. The molecule has 1 fully saturated rings. The summed E-state index contributed by atoms with van der Waals surface area (Å²) in [6, 6.07) is 12.0. The maximum absolute atomic E-state index is 13.1. The molecular formula is C20H24N6O. The van der Waals surface area contributed by atoms with Crippen LogP contribution in [-0.4, -0.2) is 47.2 Å². The number of rotatable bonds is 4. The van der Waals surface area contributed by atoms with Crippen LogP contribution in [0.15, 0.2) is 47.7 Å². The molecule has 7 nitrogen and oxygen atoms in total. The van der Waals surface area contributed by atoms with Gasteiger partial charge in [-0.25, -0.2) is 9.99 Å². The minimum Gasteiger partial charge on any atom is -0.373 e. The Morgan fingerprint density at radius 1 is 1.15 bits per heavy atom. The third-order valence-corrected chi connectivity index (χ3v) is 5.27. The Morgan fingerprint density at radius 2 is 1.93 bits per heavy atom. The van der Waals surface area contributed by atoms with Gasteiger partial charge in [-0.05, 0) is 24.5 Å². The topological polar surface area (TPSA) is 73.7 Å². The van der Waals surface area contributed by atoms with Gasteiger partial charge in [0.15, 0.2) is 0 Å². The standard InChI is InChI=1S/C20H24N6O/c1-21-18-8-11-22-20(24-18)25-13-9-16(10-14-25)19(27)26-17(7-12-23-26)15-5-3-2-4-6-15/h2-6,8,11-12,16-17H,7,9-10,13-14H2,1H3,(H,21,22,24). The van der Waals surface area contributed by atoms with Crippen molar-refractivity contribution in [3.05, 3.63) is 48.2 Å². The van der Waals surface area contributed by atoms with Gasteiger partial charge < -0.3 is 10.2 Å². The van der Waals surface area contributed by atoms with Crippen LogP contribution >= 0.6 is 0 Å². The molecule has 0 saturated carbocycles. The minimum absolute atomic E-state index is 0.00445. The van der Waals surface area contributed by atoms with Gasteiger partial charge >= 0.3 is 0 Å². The van der Waals surface area contributed by atoms with Gasteiger partial charge in [-0.3, -0.25) is 4.79 Å². The number of benzene rings is 1. The van der Waals surface area contributed by atoms with E-state index in [1.165, 1.54) is 0 Å². The molecule has 4 rings (SSSR count). The summed E-state index contributed by atoms with van der Waals surface area (Å²) in [6.45, 7) is 1.55. The highest BCUT2D eigenvalue weighted by atomic mass is 16.2. The highest BCUT2D eigenvalue weighted by Crippen LogP contribution is 2.32. The lowest BCUT2D eigenvalue weighted by Crippen LogP contribution is -2.41. The van der Waals surface area contributed by atoms with E-state index in [0.717, 1.165) is 43.7 Å². The molecule has 2 aromatic rings. The molecule has 1 amide bonds. The summed E-state index contributed by atoms with van der Waals surface area (Å²) in [7, 11) is 1.84. The number of nitrogens with zero attached hydrogens (tertiary/aromatic N) is 5. The van der Waals surface area contributed by atoms with Crippen LogP contribution in [0.5, 0.6) is 0 Å². The van der Waals surface area contributed by atoms with E-state index in [4.69, 9.17) is 0 Å². The molecule has 2 aliphatic heterocycles. The summed E-state index contributed by atoms with van der Waals surface area (Å²) in [5, 5.41) is 9.11. The number of carbonyl (C=O) groups excluding carboxylic acids is 1. The van der Waals surface area contributed by atoms with Crippen molar-refractivity contribution in [2.45, 2.75) is 25.3 Å². The first-order chi connectivity index (χ1) is 13.3. The Labute approximate surface area is 159 Å². The van der Waals surface area contributed by atoms with E-state index in [1.807, 2.05) is 37.5 Å². The second kappa shape index (κ2) is 7.73. The molecule has 0 aliphatic carbocycles. The third-order valence-electron chi connectivity index (χ3n) is 5.27. The number of nitrogens with one attached hydrogen (secondary N) is 1. The molecule has 7 heteroatoms. The molecule has 1 unspecified atom stereocenters. The van der Waals surface area contributed by atoms with Crippen molar-refractivity contribution < 1.29 is 4.79 Å². The van der Waals surface area contributed by atoms with Crippen LogP contribution < -0.4 is 10.2 Å². The largest absolute Gasteiger partial charge is 0.373 e. The number of anilines is 2. The average molecular weight is 364 g/mol. The molecule has 0 bridgehead atoms. The van der Waals surface area contributed by atoms with Gasteiger partial charge in [-0.15, -0.1) is 0 Å². The van der Waals surface area contributed by atoms with Crippen molar-refractivity contribution >= 4 is 23.9 Å². The lowest BCUT2D eigenvalue weighted by Gasteiger charge is -2.33. The second-order valence-electron chi connectivity index (χ2n) is 6.90. The number of piperidine rings is 1. The summed E-state index contributed by atoms with van der Waals surface area (Å²) in [5.41, 5.74) is 1.14. The molecule has 1 saturated heterocycles. The van der Waals surface area contributed by atoms with Gasteiger partial charge in [0.2, 0.25) is 11.9 Å². The van der Waals surface area contributed by atoms with Crippen molar-refractivity contribution in [2.24, 2.45) is 11.0 Å². The predicted molar refractivity (Wildman–Crippen MR) is 106 cm³/mol. The highest BCUT2D eigenvalue weighted by Gasteiger charge is 2.35. The lowest BCUT2D eigenvalue weighted by molar-refractivity contribution is -0.138. The summed E-state index contributed by atoms with van der Waals surface area (Å²) in [5.74, 6) is 1.64. The van der Waals surface area contributed by atoms with E-state index in [1.54, 1.807) is 11.2 Å². The van der Waals surface area contributed by atoms with E-state index >= 15 is 0 Å². The van der Waals surface area contributed by atoms with Gasteiger partial charge in [0.1, 0.15) is 5.82 Å². The van der Waals surface area contributed by atoms with Gasteiger partial charge in [0.25, 0.3) is 0 Å². The quantitative estimate of drug-likeness (QED) is 0.903. The van der Waals surface area contributed by atoms with Crippen molar-refractivity contribution in [3.63, 3.8) is 0 Å². The molecule has 0 radical (unpaired) electrons. The fraction of sp³-hybridized carbons (Fsp3) is 0.400. The zero-order valence-electron chi connectivity index (χ0n) is 15.5. The van der Waals surface area contributed by atoms with E-state index in [0.29, 0.717) is 5.95 Å². The van der Waals surface area contributed by atoms with Crippen LogP contribution in [0.4, 0.5) is 11.8 Å². The SMILES string of the molecule is CNc1ccnc(N2CCC(C(=O)N3N=CCC3c3ccccc3)CC2)n1. The molecule has 1 aromatic carbocycles. The Bertz CT molecular complexity index is 816. The first kappa shape index (κ1) is 17.5. The minimum atomic E-state index is -0.00445. The van der Waals surface area contributed by atoms with Crippen LogP contribution in [0.1, 0.15) is 30.9 Å². The first-order valence-corrected chi connectivity index (χ1v) is 9.42. The van der Waals surface area contributed by atoms with Crippen molar-refractivity contribution in [3.8, 4) is 0 Å². The van der Waals surface area contributed by atoms with Crippen molar-refractivity contribution in [1.82, 2.24) is 15.0 Å². The Morgan fingerprint density at radius 3 is 2.67 bits per heavy atom. The number of aromatic nitrogens is 2. The maximum atomic E-state index is 13.1. The van der Waals surface area contributed by atoms with Gasteiger partial charge in [0.05, 0.1) is 6.04 Å². The van der Waals surface area contributed by atoms with Crippen LogP contribution in [0, 0.1) is 5.92 Å². The van der Waals surface area contributed by atoms with Crippen LogP contribution in [-0.2, 0) is 4.79 Å². The lowest BCUT2D eigenvalue weighted by atomic mass is 9.94. The fourth-order valence-electron chi connectivity index (χ4n) is 3.73. The van der Waals surface area contributed by atoms with E-state index in [9.17, 15) is 4.79 Å². The summed E-state index contributed by atoms with van der Waals surface area (Å²) < 4.78 is 0.